The largest absolute Gasteiger partial charge is 0.484 e. The lowest BCUT2D eigenvalue weighted by molar-refractivity contribution is -0.143. The molecule has 0 radical (unpaired) electrons. The van der Waals surface area contributed by atoms with E-state index >= 15 is 0 Å². The van der Waals surface area contributed by atoms with Gasteiger partial charge in [-0.15, -0.1) is 0 Å². The Morgan fingerprint density at radius 3 is 2.17 bits per heavy atom. The Morgan fingerprint density at radius 1 is 0.929 bits per heavy atom. The van der Waals surface area contributed by atoms with E-state index in [1.54, 1.807) is 0 Å². The molecule has 9 nitrogen and oxygen atoms in total. The zero-order valence-electron chi connectivity index (χ0n) is 24.1. The molecule has 1 N–H and O–H groups in total. The summed E-state index contributed by atoms with van der Waals surface area (Å²) < 4.78 is 38.4. The summed E-state index contributed by atoms with van der Waals surface area (Å²) in [6.07, 6.45) is 0.820. The van der Waals surface area contributed by atoms with Gasteiger partial charge in [0.15, 0.2) is 6.61 Å². The highest BCUT2D eigenvalue weighted by Gasteiger charge is 2.32. The zero-order valence-corrected chi connectivity index (χ0v) is 25.0. The lowest BCUT2D eigenvalue weighted by Crippen LogP contribution is -2.45. The fourth-order valence-electron chi connectivity index (χ4n) is 4.66. The molecule has 0 aromatic heterocycles. The van der Waals surface area contributed by atoms with Gasteiger partial charge in [0.25, 0.3) is 5.91 Å². The maximum Gasteiger partial charge on any atom is 0.261 e. The van der Waals surface area contributed by atoms with E-state index in [1.807, 2.05) is 60.7 Å². The van der Waals surface area contributed by atoms with E-state index in [9.17, 15) is 18.0 Å². The highest BCUT2D eigenvalue weighted by molar-refractivity contribution is 7.89. The van der Waals surface area contributed by atoms with E-state index < -0.39 is 16.1 Å². The maximum atomic E-state index is 13.8. The van der Waals surface area contributed by atoms with Crippen molar-refractivity contribution in [1.29, 1.82) is 0 Å². The number of benzene rings is 3. The molecule has 1 fully saturated rings. The monoisotopic (exact) mass is 593 g/mol. The Labute approximate surface area is 248 Å². The van der Waals surface area contributed by atoms with Crippen molar-refractivity contribution in [2.45, 2.75) is 37.8 Å². The zero-order chi connectivity index (χ0) is 30.0. The van der Waals surface area contributed by atoms with E-state index in [0.29, 0.717) is 50.1 Å². The number of morpholine rings is 1. The number of sulfonamides is 1. The summed E-state index contributed by atoms with van der Waals surface area (Å²) >= 11 is 0. The first-order valence-corrected chi connectivity index (χ1v) is 15.7. The fourth-order valence-corrected chi connectivity index (χ4v) is 6.07. The molecule has 1 saturated heterocycles. The minimum absolute atomic E-state index is 0.149. The Kier molecular flexibility index (Phi) is 11.1. The number of amides is 2. The molecule has 3 aromatic rings. The van der Waals surface area contributed by atoms with Crippen LogP contribution in [0.3, 0.4) is 0 Å². The van der Waals surface area contributed by atoms with Crippen molar-refractivity contribution in [3.63, 3.8) is 0 Å². The van der Waals surface area contributed by atoms with Gasteiger partial charge in [0.05, 0.1) is 18.1 Å². The molecule has 1 atom stereocenters. The third kappa shape index (κ3) is 8.40. The number of hydrogen-bond acceptors (Lipinski definition) is 6. The molecular formula is C32H39N3O6S. The van der Waals surface area contributed by atoms with Gasteiger partial charge in [-0.2, -0.15) is 4.31 Å². The molecule has 4 rings (SSSR count). The molecule has 0 unspecified atom stereocenters. The number of nitrogens with one attached hydrogen (secondary N) is 1. The number of rotatable bonds is 13. The van der Waals surface area contributed by atoms with E-state index in [4.69, 9.17) is 9.47 Å². The lowest BCUT2D eigenvalue weighted by atomic mass is 10.0. The molecule has 10 heteroatoms. The molecule has 1 aliphatic heterocycles. The van der Waals surface area contributed by atoms with Crippen molar-refractivity contribution in [1.82, 2.24) is 14.5 Å². The first kappa shape index (κ1) is 31.2. The van der Waals surface area contributed by atoms with Crippen molar-refractivity contribution < 1.29 is 27.5 Å². The molecule has 42 heavy (non-hydrogen) atoms. The second-order valence-electron chi connectivity index (χ2n) is 10.6. The summed E-state index contributed by atoms with van der Waals surface area (Å²) in [5.74, 6) is 0.133. The van der Waals surface area contributed by atoms with Gasteiger partial charge in [0, 0.05) is 26.2 Å². The van der Waals surface area contributed by atoms with Gasteiger partial charge in [-0.3, -0.25) is 9.59 Å². The van der Waals surface area contributed by atoms with Crippen LogP contribution in [0.4, 0.5) is 0 Å². The first-order chi connectivity index (χ1) is 20.3. The molecule has 0 aliphatic carbocycles. The number of carbonyl (C=O) groups excluding carboxylic acids is 2. The molecular weight excluding hydrogens is 554 g/mol. The van der Waals surface area contributed by atoms with Gasteiger partial charge in [0.1, 0.15) is 11.8 Å². The van der Waals surface area contributed by atoms with Crippen LogP contribution in [-0.4, -0.2) is 68.9 Å². The highest BCUT2D eigenvalue weighted by atomic mass is 32.2. The summed E-state index contributed by atoms with van der Waals surface area (Å²) in [6.45, 7) is 5.90. The molecule has 0 bridgehead atoms. The molecule has 224 valence electrons. The van der Waals surface area contributed by atoms with Gasteiger partial charge >= 0.3 is 0 Å². The first-order valence-electron chi connectivity index (χ1n) is 14.2. The number of nitrogens with zero attached hydrogens (tertiary/aromatic N) is 2. The molecule has 0 spiro atoms. The van der Waals surface area contributed by atoms with Crippen LogP contribution in [0.15, 0.2) is 89.8 Å². The Balaban J connectivity index is 1.53. The van der Waals surface area contributed by atoms with Gasteiger partial charge in [-0.1, -0.05) is 74.5 Å². The van der Waals surface area contributed by atoms with Crippen LogP contribution in [0.2, 0.25) is 0 Å². The summed E-state index contributed by atoms with van der Waals surface area (Å²) in [4.78, 5) is 29.0. The van der Waals surface area contributed by atoms with Crippen molar-refractivity contribution >= 4 is 21.8 Å². The second-order valence-corrected chi connectivity index (χ2v) is 12.5. The van der Waals surface area contributed by atoms with E-state index in [1.165, 1.54) is 33.5 Å². The minimum Gasteiger partial charge on any atom is -0.484 e. The van der Waals surface area contributed by atoms with Gasteiger partial charge in [-0.25, -0.2) is 8.42 Å². The van der Waals surface area contributed by atoms with Crippen molar-refractivity contribution in [2.24, 2.45) is 5.92 Å². The fraction of sp³-hybridized carbons (Fsp3) is 0.375. The summed E-state index contributed by atoms with van der Waals surface area (Å²) in [5, 5.41) is 3.01. The van der Waals surface area contributed by atoms with Crippen LogP contribution in [0.1, 0.15) is 37.4 Å². The highest BCUT2D eigenvalue weighted by Crippen LogP contribution is 2.25. The molecule has 1 aliphatic rings. The Morgan fingerprint density at radius 2 is 1.55 bits per heavy atom. The Hall–Kier alpha value is -3.73. The third-order valence-electron chi connectivity index (χ3n) is 7.01. The number of ether oxygens (including phenoxy) is 2. The minimum atomic E-state index is -3.64. The maximum absolute atomic E-state index is 13.8. The predicted octanol–water partition coefficient (Wildman–Crippen LogP) is 4.02. The van der Waals surface area contributed by atoms with E-state index in [0.717, 1.165) is 12.0 Å². The van der Waals surface area contributed by atoms with Crippen LogP contribution in [0, 0.1) is 5.92 Å². The quantitative estimate of drug-likeness (QED) is 0.321. The summed E-state index contributed by atoms with van der Waals surface area (Å²) in [6, 6.07) is 23.9. The van der Waals surface area contributed by atoms with E-state index in [-0.39, 0.29) is 29.9 Å². The van der Waals surface area contributed by atoms with Crippen LogP contribution in [0.25, 0.3) is 0 Å². The summed E-state index contributed by atoms with van der Waals surface area (Å²) in [7, 11) is -3.64. The average Bonchev–Trinajstić information content (AvgIpc) is 3.01. The Bertz CT molecular complexity index is 1390. The van der Waals surface area contributed by atoms with Crippen molar-refractivity contribution in [3.8, 4) is 5.75 Å². The average molecular weight is 594 g/mol. The lowest BCUT2D eigenvalue weighted by Gasteiger charge is -2.31. The van der Waals surface area contributed by atoms with Gasteiger partial charge in [-0.05, 0) is 47.7 Å². The molecule has 1 heterocycles. The SMILES string of the molecule is CC(C)CCNC(=O)[C@H](c1ccccc1)N(Cc1ccccc1)C(=O)COc1ccc(S(=O)(=O)N2CCOCC2)cc1. The number of carbonyl (C=O) groups is 2. The van der Waals surface area contributed by atoms with Crippen LogP contribution < -0.4 is 10.1 Å². The standard InChI is InChI=1S/C32H39N3O6S/c1-25(2)17-18-33-32(37)31(27-11-7-4-8-12-27)35(23-26-9-5-3-6-10-26)30(36)24-41-28-13-15-29(16-14-28)42(38,39)34-19-21-40-22-20-34/h3-16,25,31H,17-24H2,1-2H3,(H,33,37)/t31-/m0/s1. The van der Waals surface area contributed by atoms with Gasteiger partial charge in [0.2, 0.25) is 15.9 Å². The van der Waals surface area contributed by atoms with Crippen molar-refractivity contribution in [3.05, 3.63) is 96.1 Å². The normalized spacial score (nSPS) is 14.7. The predicted molar refractivity (Wildman–Crippen MR) is 160 cm³/mol. The summed E-state index contributed by atoms with van der Waals surface area (Å²) in [5.41, 5.74) is 1.57. The topological polar surface area (TPSA) is 105 Å². The van der Waals surface area contributed by atoms with Crippen LogP contribution in [0.5, 0.6) is 5.75 Å². The third-order valence-corrected chi connectivity index (χ3v) is 8.92. The van der Waals surface area contributed by atoms with Crippen molar-refractivity contribution in [2.75, 3.05) is 39.5 Å². The second kappa shape index (κ2) is 14.9. The number of hydrogen-bond donors (Lipinski definition) is 1. The van der Waals surface area contributed by atoms with Gasteiger partial charge < -0.3 is 19.7 Å². The smallest absolute Gasteiger partial charge is 0.261 e. The molecule has 0 saturated carbocycles. The molecule has 3 aromatic carbocycles. The van der Waals surface area contributed by atoms with Crippen LogP contribution >= 0.6 is 0 Å². The molecule has 2 amide bonds. The van der Waals surface area contributed by atoms with Crippen LogP contribution in [-0.2, 0) is 30.9 Å². The van der Waals surface area contributed by atoms with E-state index in [2.05, 4.69) is 19.2 Å².